The van der Waals surface area contributed by atoms with E-state index in [1.54, 1.807) is 24.1 Å². The molecule has 1 amide bonds. The summed E-state index contributed by atoms with van der Waals surface area (Å²) in [5, 5.41) is 5.15. The number of nitrogens with zero attached hydrogens (tertiary/aromatic N) is 4. The number of hydrogen-bond donors (Lipinski definition) is 0. The molecule has 1 heterocycles. The van der Waals surface area contributed by atoms with Crippen molar-refractivity contribution in [3.8, 4) is 5.69 Å². The first-order chi connectivity index (χ1) is 13.4. The fraction of sp³-hybridized carbons (Fsp3) is 0.286. The van der Waals surface area contributed by atoms with E-state index in [9.17, 15) is 9.18 Å². The van der Waals surface area contributed by atoms with E-state index in [0.29, 0.717) is 11.7 Å². The van der Waals surface area contributed by atoms with Gasteiger partial charge in [0.1, 0.15) is 11.6 Å². The summed E-state index contributed by atoms with van der Waals surface area (Å²) in [6.07, 6.45) is 0. The van der Waals surface area contributed by atoms with Crippen molar-refractivity contribution in [3.05, 3.63) is 71.8 Å². The predicted molar refractivity (Wildman–Crippen MR) is 109 cm³/mol. The third-order valence-corrected chi connectivity index (χ3v) is 5.01. The lowest BCUT2D eigenvalue weighted by Crippen LogP contribution is -2.27. The topological polar surface area (TPSA) is 51.0 Å². The molecule has 7 heteroatoms. The molecule has 0 radical (unpaired) electrons. The highest BCUT2D eigenvalue weighted by atomic mass is 32.2. The van der Waals surface area contributed by atoms with E-state index in [1.165, 1.54) is 23.9 Å². The molecule has 0 fully saturated rings. The van der Waals surface area contributed by atoms with Gasteiger partial charge < -0.3 is 4.90 Å². The van der Waals surface area contributed by atoms with Gasteiger partial charge in [-0.3, -0.25) is 4.79 Å². The fourth-order valence-electron chi connectivity index (χ4n) is 2.73. The zero-order chi connectivity index (χ0) is 20.1. The van der Waals surface area contributed by atoms with Crippen LogP contribution in [0.15, 0.2) is 59.8 Å². The standard InChI is InChI=1S/C21H23FN4OS/c1-15(2)20-23-21(24-26(20)18-10-5-4-6-11-18)28-14-19(27)25(3)13-16-8-7-9-17(22)12-16/h4-12,15H,13-14H2,1-3H3. The number of carbonyl (C=O) groups is 1. The summed E-state index contributed by atoms with van der Waals surface area (Å²) in [5.74, 6) is 0.922. The maximum absolute atomic E-state index is 13.3. The molecular weight excluding hydrogens is 375 g/mol. The number of aromatic nitrogens is 3. The van der Waals surface area contributed by atoms with E-state index in [0.717, 1.165) is 17.1 Å². The molecule has 28 heavy (non-hydrogen) atoms. The molecule has 0 aliphatic rings. The Bertz CT molecular complexity index is 943. The summed E-state index contributed by atoms with van der Waals surface area (Å²) in [4.78, 5) is 18.6. The van der Waals surface area contributed by atoms with Crippen molar-refractivity contribution in [1.82, 2.24) is 19.7 Å². The Kier molecular flexibility index (Phi) is 6.46. The molecule has 5 nitrogen and oxygen atoms in total. The normalized spacial score (nSPS) is 11.0. The number of carbonyl (C=O) groups excluding carboxylic acids is 1. The first-order valence-corrected chi connectivity index (χ1v) is 10.1. The summed E-state index contributed by atoms with van der Waals surface area (Å²) in [7, 11) is 1.71. The van der Waals surface area contributed by atoms with Crippen molar-refractivity contribution < 1.29 is 9.18 Å². The van der Waals surface area contributed by atoms with Gasteiger partial charge in [0.2, 0.25) is 11.1 Å². The van der Waals surface area contributed by atoms with Crippen LogP contribution in [0.3, 0.4) is 0 Å². The first kappa shape index (κ1) is 20.1. The minimum Gasteiger partial charge on any atom is -0.341 e. The van der Waals surface area contributed by atoms with E-state index in [1.807, 2.05) is 35.0 Å². The van der Waals surface area contributed by atoms with Gasteiger partial charge in [-0.05, 0) is 29.8 Å². The lowest BCUT2D eigenvalue weighted by molar-refractivity contribution is -0.127. The van der Waals surface area contributed by atoms with E-state index in [4.69, 9.17) is 0 Å². The molecule has 0 spiro atoms. The number of thioether (sulfide) groups is 1. The SMILES string of the molecule is CC(C)c1nc(SCC(=O)N(C)Cc2cccc(F)c2)nn1-c1ccccc1. The van der Waals surface area contributed by atoms with Crippen molar-refractivity contribution in [2.75, 3.05) is 12.8 Å². The lowest BCUT2D eigenvalue weighted by Gasteiger charge is -2.16. The second kappa shape index (κ2) is 9.01. The average molecular weight is 399 g/mol. The molecule has 3 aromatic rings. The van der Waals surface area contributed by atoms with Gasteiger partial charge in [-0.15, -0.1) is 5.10 Å². The molecule has 2 aromatic carbocycles. The van der Waals surface area contributed by atoms with Gasteiger partial charge in [-0.1, -0.05) is 55.9 Å². The third kappa shape index (κ3) is 4.98. The highest BCUT2D eigenvalue weighted by Crippen LogP contribution is 2.22. The zero-order valence-corrected chi connectivity index (χ0v) is 17.0. The molecule has 0 aliphatic heterocycles. The molecule has 1 aromatic heterocycles. The maximum Gasteiger partial charge on any atom is 0.233 e. The van der Waals surface area contributed by atoms with Crippen molar-refractivity contribution in [2.45, 2.75) is 31.5 Å². The second-order valence-corrected chi connectivity index (χ2v) is 7.77. The minimum absolute atomic E-state index is 0.0589. The molecule has 146 valence electrons. The molecule has 0 unspecified atom stereocenters. The van der Waals surface area contributed by atoms with Gasteiger partial charge in [0.05, 0.1) is 11.4 Å². The number of rotatable bonds is 7. The Labute approximate surface area is 168 Å². The van der Waals surface area contributed by atoms with Crippen LogP contribution in [0.25, 0.3) is 5.69 Å². The van der Waals surface area contributed by atoms with Crippen LogP contribution in [0.4, 0.5) is 4.39 Å². The molecular formula is C21H23FN4OS. The van der Waals surface area contributed by atoms with E-state index in [-0.39, 0.29) is 23.4 Å². The second-order valence-electron chi connectivity index (χ2n) is 6.82. The van der Waals surface area contributed by atoms with Crippen LogP contribution in [0, 0.1) is 5.82 Å². The van der Waals surface area contributed by atoms with Gasteiger partial charge in [-0.25, -0.2) is 14.1 Å². The van der Waals surface area contributed by atoms with E-state index < -0.39 is 0 Å². The molecule has 0 saturated carbocycles. The summed E-state index contributed by atoms with van der Waals surface area (Å²) in [6, 6.07) is 16.1. The van der Waals surface area contributed by atoms with Crippen molar-refractivity contribution >= 4 is 17.7 Å². The Morgan fingerprint density at radius 3 is 2.61 bits per heavy atom. The van der Waals surface area contributed by atoms with E-state index in [2.05, 4.69) is 23.9 Å². The van der Waals surface area contributed by atoms with Crippen LogP contribution < -0.4 is 0 Å². The maximum atomic E-state index is 13.3. The minimum atomic E-state index is -0.301. The van der Waals surface area contributed by atoms with Gasteiger partial charge >= 0.3 is 0 Å². The molecule has 0 N–H and O–H groups in total. The fourth-order valence-corrected chi connectivity index (χ4v) is 3.50. The first-order valence-electron chi connectivity index (χ1n) is 9.07. The largest absolute Gasteiger partial charge is 0.341 e. The molecule has 0 atom stereocenters. The monoisotopic (exact) mass is 398 g/mol. The zero-order valence-electron chi connectivity index (χ0n) is 16.2. The van der Waals surface area contributed by atoms with Crippen molar-refractivity contribution in [2.24, 2.45) is 0 Å². The molecule has 0 saturated heterocycles. The van der Waals surface area contributed by atoms with Crippen LogP contribution in [-0.2, 0) is 11.3 Å². The molecule has 0 aliphatic carbocycles. The highest BCUT2D eigenvalue weighted by Gasteiger charge is 2.17. The summed E-state index contributed by atoms with van der Waals surface area (Å²) < 4.78 is 15.1. The van der Waals surface area contributed by atoms with Crippen LogP contribution in [0.5, 0.6) is 0 Å². The number of halogens is 1. The van der Waals surface area contributed by atoms with E-state index >= 15 is 0 Å². The predicted octanol–water partition coefficient (Wildman–Crippen LogP) is 4.28. The van der Waals surface area contributed by atoms with Crippen LogP contribution in [0.1, 0.15) is 31.2 Å². The number of para-hydroxylation sites is 1. The summed E-state index contributed by atoms with van der Waals surface area (Å²) in [6.45, 7) is 4.49. The van der Waals surface area contributed by atoms with Gasteiger partial charge in [-0.2, -0.15) is 0 Å². The molecule has 3 rings (SSSR count). The van der Waals surface area contributed by atoms with Gasteiger partial charge in [0.15, 0.2) is 0 Å². The van der Waals surface area contributed by atoms with Crippen LogP contribution in [-0.4, -0.2) is 38.4 Å². The van der Waals surface area contributed by atoms with Gasteiger partial charge in [0.25, 0.3) is 0 Å². The quantitative estimate of drug-likeness (QED) is 0.558. The Morgan fingerprint density at radius 2 is 1.93 bits per heavy atom. The Hall–Kier alpha value is -2.67. The number of amides is 1. The van der Waals surface area contributed by atoms with Crippen molar-refractivity contribution in [1.29, 1.82) is 0 Å². The smallest absolute Gasteiger partial charge is 0.233 e. The lowest BCUT2D eigenvalue weighted by atomic mass is 10.2. The van der Waals surface area contributed by atoms with Gasteiger partial charge in [0, 0.05) is 19.5 Å². The highest BCUT2D eigenvalue weighted by molar-refractivity contribution is 7.99. The third-order valence-electron chi connectivity index (χ3n) is 4.19. The van der Waals surface area contributed by atoms with Crippen LogP contribution in [0.2, 0.25) is 0 Å². The summed E-state index contributed by atoms with van der Waals surface area (Å²) in [5.41, 5.74) is 1.70. The average Bonchev–Trinajstić information content (AvgIpc) is 3.11. The number of hydrogen-bond acceptors (Lipinski definition) is 4. The Morgan fingerprint density at radius 1 is 1.18 bits per heavy atom. The number of benzene rings is 2. The Balaban J connectivity index is 1.66. The summed E-state index contributed by atoms with van der Waals surface area (Å²) >= 11 is 1.31. The van der Waals surface area contributed by atoms with Crippen LogP contribution >= 0.6 is 11.8 Å². The molecule has 0 bridgehead atoms. The van der Waals surface area contributed by atoms with Crippen molar-refractivity contribution in [3.63, 3.8) is 0 Å².